The van der Waals surface area contributed by atoms with E-state index in [1.54, 1.807) is 0 Å². The number of rotatable bonds is 5. The molecule has 1 aliphatic heterocycles. The molecule has 4 nitrogen and oxygen atoms in total. The van der Waals surface area contributed by atoms with Crippen LogP contribution in [-0.2, 0) is 0 Å². The Morgan fingerprint density at radius 1 is 1.11 bits per heavy atom. The number of nitrogens with two attached hydrogens (primary N) is 2. The lowest BCUT2D eigenvalue weighted by molar-refractivity contribution is 0.238. The minimum Gasteiger partial charge on any atom is -0.494 e. The normalized spacial score (nSPS) is 18.4. The van der Waals surface area contributed by atoms with Crippen LogP contribution in [0.2, 0.25) is 0 Å². The van der Waals surface area contributed by atoms with E-state index >= 15 is 0 Å². The van der Waals surface area contributed by atoms with Crippen molar-refractivity contribution in [1.29, 1.82) is 0 Å². The number of ether oxygens (including phenoxy) is 1. The molecule has 1 saturated heterocycles. The summed E-state index contributed by atoms with van der Waals surface area (Å²) in [5, 5.41) is 0. The summed E-state index contributed by atoms with van der Waals surface area (Å²) in [5.74, 6) is 0.932. The van der Waals surface area contributed by atoms with Gasteiger partial charge in [0.2, 0.25) is 0 Å². The molecule has 0 amide bonds. The zero-order valence-electron chi connectivity index (χ0n) is 11.8. The van der Waals surface area contributed by atoms with Crippen LogP contribution in [0.1, 0.15) is 19.8 Å². The number of benzene rings is 1. The fourth-order valence-corrected chi connectivity index (χ4v) is 2.65. The van der Waals surface area contributed by atoms with E-state index in [4.69, 9.17) is 16.2 Å². The standard InChI is InChI=1S/C15H25N3O/c1-2-19-14-5-3-13(4-6-14)18-9-7-15(11-16,12-17)8-10-18/h3-6H,2,7-12,16-17H2,1H3. The molecule has 106 valence electrons. The first-order valence-electron chi connectivity index (χ1n) is 7.11. The van der Waals surface area contributed by atoms with Crippen LogP contribution in [0, 0.1) is 5.41 Å². The SMILES string of the molecule is CCOc1ccc(N2CCC(CN)(CN)CC2)cc1. The van der Waals surface area contributed by atoms with Crippen molar-refractivity contribution in [3.8, 4) is 5.75 Å². The minimum absolute atomic E-state index is 0.155. The lowest BCUT2D eigenvalue weighted by Gasteiger charge is -2.41. The molecule has 0 aliphatic carbocycles. The highest BCUT2D eigenvalue weighted by molar-refractivity contribution is 5.49. The lowest BCUT2D eigenvalue weighted by atomic mass is 9.78. The summed E-state index contributed by atoms with van der Waals surface area (Å²) >= 11 is 0. The molecule has 0 aromatic heterocycles. The van der Waals surface area contributed by atoms with Gasteiger partial charge in [-0.25, -0.2) is 0 Å². The molecule has 0 atom stereocenters. The molecule has 4 N–H and O–H groups in total. The summed E-state index contributed by atoms with van der Waals surface area (Å²) in [4.78, 5) is 2.40. The van der Waals surface area contributed by atoms with Gasteiger partial charge in [0.05, 0.1) is 6.61 Å². The van der Waals surface area contributed by atoms with E-state index in [2.05, 4.69) is 17.0 Å². The Morgan fingerprint density at radius 2 is 1.68 bits per heavy atom. The van der Waals surface area contributed by atoms with Crippen LogP contribution in [0.4, 0.5) is 5.69 Å². The molecular weight excluding hydrogens is 238 g/mol. The van der Waals surface area contributed by atoms with Crippen molar-refractivity contribution < 1.29 is 4.74 Å². The minimum atomic E-state index is 0.155. The van der Waals surface area contributed by atoms with Crippen molar-refractivity contribution in [3.05, 3.63) is 24.3 Å². The summed E-state index contributed by atoms with van der Waals surface area (Å²) < 4.78 is 5.46. The van der Waals surface area contributed by atoms with Crippen LogP contribution in [0.15, 0.2) is 24.3 Å². The van der Waals surface area contributed by atoms with Crippen molar-refractivity contribution in [3.63, 3.8) is 0 Å². The monoisotopic (exact) mass is 263 g/mol. The number of anilines is 1. The fourth-order valence-electron chi connectivity index (χ4n) is 2.65. The van der Waals surface area contributed by atoms with Gasteiger partial charge < -0.3 is 21.1 Å². The van der Waals surface area contributed by atoms with E-state index in [1.807, 2.05) is 19.1 Å². The maximum atomic E-state index is 5.87. The van der Waals surface area contributed by atoms with Gasteiger partial charge in [-0.15, -0.1) is 0 Å². The van der Waals surface area contributed by atoms with Crippen molar-refractivity contribution in [2.45, 2.75) is 19.8 Å². The number of nitrogens with zero attached hydrogens (tertiary/aromatic N) is 1. The van der Waals surface area contributed by atoms with Crippen LogP contribution in [0.5, 0.6) is 5.75 Å². The Labute approximate surface area is 115 Å². The molecule has 19 heavy (non-hydrogen) atoms. The third-order valence-electron chi connectivity index (χ3n) is 4.20. The molecule has 0 saturated carbocycles. The van der Waals surface area contributed by atoms with Crippen LogP contribution < -0.4 is 21.1 Å². The third kappa shape index (κ3) is 3.19. The van der Waals surface area contributed by atoms with E-state index in [1.165, 1.54) is 5.69 Å². The van der Waals surface area contributed by atoms with Gasteiger partial charge in [-0.2, -0.15) is 0 Å². The van der Waals surface area contributed by atoms with Crippen molar-refractivity contribution >= 4 is 5.69 Å². The first-order valence-corrected chi connectivity index (χ1v) is 7.11. The first-order chi connectivity index (χ1) is 9.23. The Kier molecular flexibility index (Phi) is 4.66. The third-order valence-corrected chi connectivity index (χ3v) is 4.20. The maximum Gasteiger partial charge on any atom is 0.119 e. The topological polar surface area (TPSA) is 64.5 Å². The fraction of sp³-hybridized carbons (Fsp3) is 0.600. The number of hydrogen-bond acceptors (Lipinski definition) is 4. The summed E-state index contributed by atoms with van der Waals surface area (Å²) in [6.07, 6.45) is 2.15. The van der Waals surface area contributed by atoms with Gasteiger partial charge in [0, 0.05) is 18.8 Å². The summed E-state index contributed by atoms with van der Waals surface area (Å²) in [6.45, 7) is 6.16. The second kappa shape index (κ2) is 6.26. The lowest BCUT2D eigenvalue weighted by Crippen LogP contribution is -2.47. The molecule has 1 aliphatic rings. The smallest absolute Gasteiger partial charge is 0.119 e. The number of hydrogen-bond donors (Lipinski definition) is 2. The van der Waals surface area contributed by atoms with E-state index in [9.17, 15) is 0 Å². The highest BCUT2D eigenvalue weighted by atomic mass is 16.5. The summed E-state index contributed by atoms with van der Waals surface area (Å²) in [6, 6.07) is 8.32. The first kappa shape index (κ1) is 14.2. The van der Waals surface area contributed by atoms with E-state index < -0.39 is 0 Å². The Morgan fingerprint density at radius 3 is 2.16 bits per heavy atom. The summed E-state index contributed by atoms with van der Waals surface area (Å²) in [5.41, 5.74) is 13.2. The van der Waals surface area contributed by atoms with Gasteiger partial charge in [0.1, 0.15) is 5.75 Å². The largest absolute Gasteiger partial charge is 0.494 e. The van der Waals surface area contributed by atoms with Gasteiger partial charge in [-0.3, -0.25) is 0 Å². The van der Waals surface area contributed by atoms with E-state index in [0.717, 1.165) is 31.7 Å². The zero-order valence-corrected chi connectivity index (χ0v) is 11.8. The van der Waals surface area contributed by atoms with Crippen molar-refractivity contribution in [1.82, 2.24) is 0 Å². The zero-order chi connectivity index (χ0) is 13.7. The summed E-state index contributed by atoms with van der Waals surface area (Å²) in [7, 11) is 0. The van der Waals surface area contributed by atoms with Gasteiger partial charge in [-0.05, 0) is 62.5 Å². The molecular formula is C15H25N3O. The molecule has 1 aromatic carbocycles. The predicted octanol–water partition coefficient (Wildman–Crippen LogP) is 1.59. The highest BCUT2D eigenvalue weighted by Gasteiger charge is 2.32. The van der Waals surface area contributed by atoms with Gasteiger partial charge >= 0.3 is 0 Å². The maximum absolute atomic E-state index is 5.87. The van der Waals surface area contributed by atoms with Crippen LogP contribution in [0.3, 0.4) is 0 Å². The van der Waals surface area contributed by atoms with Gasteiger partial charge in [-0.1, -0.05) is 0 Å². The van der Waals surface area contributed by atoms with Crippen molar-refractivity contribution in [2.75, 3.05) is 37.7 Å². The van der Waals surface area contributed by atoms with E-state index in [-0.39, 0.29) is 5.41 Å². The molecule has 1 fully saturated rings. The molecule has 0 radical (unpaired) electrons. The molecule has 1 heterocycles. The number of piperidine rings is 1. The molecule has 0 spiro atoms. The second-order valence-electron chi connectivity index (χ2n) is 5.32. The molecule has 4 heteroatoms. The van der Waals surface area contributed by atoms with Crippen molar-refractivity contribution in [2.24, 2.45) is 16.9 Å². The van der Waals surface area contributed by atoms with Gasteiger partial charge in [0.25, 0.3) is 0 Å². The Hall–Kier alpha value is -1.26. The van der Waals surface area contributed by atoms with Crippen LogP contribution >= 0.6 is 0 Å². The predicted molar refractivity (Wildman–Crippen MR) is 79.6 cm³/mol. The molecule has 0 bridgehead atoms. The molecule has 0 unspecified atom stereocenters. The Bertz CT molecular complexity index is 377. The Balaban J connectivity index is 1.97. The molecule has 2 rings (SSSR count). The second-order valence-corrected chi connectivity index (χ2v) is 5.32. The van der Waals surface area contributed by atoms with Gasteiger partial charge in [0.15, 0.2) is 0 Å². The highest BCUT2D eigenvalue weighted by Crippen LogP contribution is 2.32. The van der Waals surface area contributed by atoms with Crippen LogP contribution in [0.25, 0.3) is 0 Å². The average Bonchev–Trinajstić information content (AvgIpc) is 2.49. The van der Waals surface area contributed by atoms with E-state index in [0.29, 0.717) is 19.7 Å². The average molecular weight is 263 g/mol. The quantitative estimate of drug-likeness (QED) is 0.846. The van der Waals surface area contributed by atoms with Crippen LogP contribution in [-0.4, -0.2) is 32.8 Å². The molecule has 1 aromatic rings.